The van der Waals surface area contributed by atoms with Gasteiger partial charge < -0.3 is 5.32 Å². The number of halogens is 1. The second-order valence-electron chi connectivity index (χ2n) is 8.41. The highest BCUT2D eigenvalue weighted by atomic mass is 35.5. The highest BCUT2D eigenvalue weighted by molar-refractivity contribution is 7.91. The maximum Gasteiger partial charge on any atom is 0.234 e. The van der Waals surface area contributed by atoms with Gasteiger partial charge >= 0.3 is 0 Å². The number of rotatable bonds is 6. The van der Waals surface area contributed by atoms with E-state index in [0.29, 0.717) is 11.4 Å². The Kier molecular flexibility index (Phi) is 6.75. The fraction of sp³-hybridized carbons (Fsp3) is 0.632. The van der Waals surface area contributed by atoms with Crippen LogP contribution in [0.3, 0.4) is 0 Å². The first kappa shape index (κ1) is 21.2. The number of nitrogens with zero attached hydrogens (tertiary/aromatic N) is 1. The van der Waals surface area contributed by atoms with E-state index in [1.54, 1.807) is 0 Å². The average molecular weight is 401 g/mol. The standard InChI is InChI=1S/C19H29ClN2O3S/c1-19(2,3)11-17(14-5-7-15(20)8-6-14)21-18(23)12-22(4)16-9-10-26(24,25)13-16/h5-8,16-17H,9-13H2,1-4H3,(H,21,23). The van der Waals surface area contributed by atoms with Gasteiger partial charge in [-0.15, -0.1) is 0 Å². The molecule has 1 heterocycles. The van der Waals surface area contributed by atoms with E-state index in [4.69, 9.17) is 11.6 Å². The molecule has 0 bridgehead atoms. The van der Waals surface area contributed by atoms with Crippen molar-refractivity contribution in [3.05, 3.63) is 34.9 Å². The Labute approximate surface area is 162 Å². The SMILES string of the molecule is CN(CC(=O)NC(CC(C)(C)C)c1ccc(Cl)cc1)C1CCS(=O)(=O)C1. The Morgan fingerprint density at radius 1 is 1.31 bits per heavy atom. The molecule has 146 valence electrons. The van der Waals surface area contributed by atoms with E-state index in [9.17, 15) is 13.2 Å². The second kappa shape index (κ2) is 8.28. The number of benzene rings is 1. The molecule has 0 aromatic heterocycles. The maximum atomic E-state index is 12.6. The van der Waals surface area contributed by atoms with Crippen molar-refractivity contribution in [2.24, 2.45) is 5.41 Å². The lowest BCUT2D eigenvalue weighted by Gasteiger charge is -2.29. The van der Waals surface area contributed by atoms with E-state index in [0.717, 1.165) is 12.0 Å². The van der Waals surface area contributed by atoms with Crippen LogP contribution in [-0.2, 0) is 14.6 Å². The minimum atomic E-state index is -2.96. The fourth-order valence-corrected chi connectivity index (χ4v) is 5.21. The van der Waals surface area contributed by atoms with Crippen molar-refractivity contribution in [2.45, 2.75) is 45.7 Å². The zero-order chi connectivity index (χ0) is 19.5. The average Bonchev–Trinajstić information content (AvgIpc) is 2.86. The van der Waals surface area contributed by atoms with Crippen LogP contribution in [0.4, 0.5) is 0 Å². The number of nitrogens with one attached hydrogen (secondary N) is 1. The van der Waals surface area contributed by atoms with Crippen molar-refractivity contribution in [3.63, 3.8) is 0 Å². The fourth-order valence-electron chi connectivity index (χ4n) is 3.28. The van der Waals surface area contributed by atoms with Crippen molar-refractivity contribution >= 4 is 27.3 Å². The summed E-state index contributed by atoms with van der Waals surface area (Å²) in [7, 11) is -1.14. The third-order valence-corrected chi connectivity index (χ3v) is 6.65. The number of hydrogen-bond donors (Lipinski definition) is 1. The van der Waals surface area contributed by atoms with Gasteiger partial charge in [-0.05, 0) is 43.0 Å². The van der Waals surface area contributed by atoms with Crippen molar-refractivity contribution in [1.29, 1.82) is 0 Å². The van der Waals surface area contributed by atoms with Crippen LogP contribution < -0.4 is 5.32 Å². The van der Waals surface area contributed by atoms with Crippen molar-refractivity contribution < 1.29 is 13.2 Å². The lowest BCUT2D eigenvalue weighted by molar-refractivity contribution is -0.123. The Morgan fingerprint density at radius 3 is 2.42 bits per heavy atom. The van der Waals surface area contributed by atoms with E-state index in [1.807, 2.05) is 36.2 Å². The summed E-state index contributed by atoms with van der Waals surface area (Å²) >= 11 is 5.98. The van der Waals surface area contributed by atoms with Crippen molar-refractivity contribution in [1.82, 2.24) is 10.2 Å². The van der Waals surface area contributed by atoms with E-state index in [1.165, 1.54) is 0 Å². The summed E-state index contributed by atoms with van der Waals surface area (Å²) in [4.78, 5) is 14.4. The van der Waals surface area contributed by atoms with Gasteiger partial charge in [0.1, 0.15) is 0 Å². The molecule has 1 aliphatic heterocycles. The van der Waals surface area contributed by atoms with Gasteiger partial charge in [0.25, 0.3) is 0 Å². The topological polar surface area (TPSA) is 66.5 Å². The summed E-state index contributed by atoms with van der Waals surface area (Å²) in [6, 6.07) is 7.34. The summed E-state index contributed by atoms with van der Waals surface area (Å²) in [5, 5.41) is 3.77. The minimum Gasteiger partial charge on any atom is -0.348 e. The molecule has 5 nitrogen and oxygen atoms in total. The zero-order valence-corrected chi connectivity index (χ0v) is 17.5. The monoisotopic (exact) mass is 400 g/mol. The molecule has 1 fully saturated rings. The lowest BCUT2D eigenvalue weighted by Crippen LogP contribution is -2.42. The molecular weight excluding hydrogens is 372 g/mol. The number of amides is 1. The number of sulfone groups is 1. The van der Waals surface area contributed by atoms with Gasteiger partial charge in [0.15, 0.2) is 9.84 Å². The molecule has 7 heteroatoms. The van der Waals surface area contributed by atoms with Crippen LogP contribution in [0.5, 0.6) is 0 Å². The molecule has 2 rings (SSSR count). The van der Waals surface area contributed by atoms with Gasteiger partial charge in [-0.1, -0.05) is 44.5 Å². The van der Waals surface area contributed by atoms with Gasteiger partial charge in [-0.25, -0.2) is 8.42 Å². The Hall–Kier alpha value is -1.11. The molecule has 1 saturated heterocycles. The molecule has 26 heavy (non-hydrogen) atoms. The largest absolute Gasteiger partial charge is 0.348 e. The molecule has 1 N–H and O–H groups in total. The Balaban J connectivity index is 2.02. The van der Waals surface area contributed by atoms with Gasteiger partial charge in [0.05, 0.1) is 24.1 Å². The van der Waals surface area contributed by atoms with Crippen LogP contribution in [0.2, 0.25) is 5.02 Å². The molecule has 1 aliphatic rings. The summed E-state index contributed by atoms with van der Waals surface area (Å²) in [6.45, 7) is 6.60. The lowest BCUT2D eigenvalue weighted by atomic mass is 9.85. The first-order valence-electron chi connectivity index (χ1n) is 8.91. The minimum absolute atomic E-state index is 0.0447. The van der Waals surface area contributed by atoms with Crippen molar-refractivity contribution in [3.8, 4) is 0 Å². The Bertz CT molecular complexity index is 726. The first-order valence-corrected chi connectivity index (χ1v) is 11.1. The van der Waals surface area contributed by atoms with Gasteiger partial charge in [-0.2, -0.15) is 0 Å². The summed E-state index contributed by atoms with van der Waals surface area (Å²) in [5.41, 5.74) is 1.06. The molecule has 0 aliphatic carbocycles. The van der Waals surface area contributed by atoms with Crippen LogP contribution in [0, 0.1) is 5.41 Å². The van der Waals surface area contributed by atoms with Crippen LogP contribution >= 0.6 is 11.6 Å². The zero-order valence-electron chi connectivity index (χ0n) is 16.0. The summed E-state index contributed by atoms with van der Waals surface area (Å²) < 4.78 is 23.3. The smallest absolute Gasteiger partial charge is 0.234 e. The highest BCUT2D eigenvalue weighted by Gasteiger charge is 2.31. The molecular formula is C19H29ClN2O3S. The molecule has 1 aromatic rings. The van der Waals surface area contributed by atoms with Crippen molar-refractivity contribution in [2.75, 3.05) is 25.1 Å². The highest BCUT2D eigenvalue weighted by Crippen LogP contribution is 2.30. The molecule has 2 atom stereocenters. The van der Waals surface area contributed by atoms with Crippen LogP contribution in [0.25, 0.3) is 0 Å². The summed E-state index contributed by atoms with van der Waals surface area (Å²) in [6.07, 6.45) is 1.39. The number of hydrogen-bond acceptors (Lipinski definition) is 4. The first-order chi connectivity index (χ1) is 12.0. The van der Waals surface area contributed by atoms with Crippen LogP contribution in [0.1, 0.15) is 45.2 Å². The van der Waals surface area contributed by atoms with Crippen LogP contribution in [-0.4, -0.2) is 50.4 Å². The number of likely N-dealkylation sites (N-methyl/N-ethyl adjacent to an activating group) is 1. The third-order valence-electron chi connectivity index (χ3n) is 4.65. The second-order valence-corrected chi connectivity index (χ2v) is 11.1. The predicted molar refractivity (Wildman–Crippen MR) is 106 cm³/mol. The molecule has 0 saturated carbocycles. The molecule has 1 amide bonds. The Morgan fingerprint density at radius 2 is 1.92 bits per heavy atom. The van der Waals surface area contributed by atoms with Gasteiger partial charge in [0.2, 0.25) is 5.91 Å². The van der Waals surface area contributed by atoms with E-state index in [-0.39, 0.29) is 41.5 Å². The normalized spacial score (nSPS) is 20.9. The quantitative estimate of drug-likeness (QED) is 0.796. The molecule has 0 radical (unpaired) electrons. The van der Waals surface area contributed by atoms with Crippen LogP contribution in [0.15, 0.2) is 24.3 Å². The van der Waals surface area contributed by atoms with Gasteiger partial charge in [0, 0.05) is 11.1 Å². The van der Waals surface area contributed by atoms with E-state index in [2.05, 4.69) is 26.1 Å². The number of carbonyl (C=O) groups is 1. The van der Waals surface area contributed by atoms with E-state index < -0.39 is 9.84 Å². The number of carbonyl (C=O) groups excluding carboxylic acids is 1. The van der Waals surface area contributed by atoms with Gasteiger partial charge in [-0.3, -0.25) is 9.69 Å². The van der Waals surface area contributed by atoms with E-state index >= 15 is 0 Å². The molecule has 1 aromatic carbocycles. The molecule has 2 unspecified atom stereocenters. The predicted octanol–water partition coefficient (Wildman–Crippen LogP) is 3.05. The molecule has 0 spiro atoms. The summed E-state index contributed by atoms with van der Waals surface area (Å²) in [5.74, 6) is 0.251. The third kappa shape index (κ3) is 6.56. The maximum absolute atomic E-state index is 12.6.